The molecule has 0 spiro atoms. The van der Waals surface area contributed by atoms with Crippen LogP contribution in [0.1, 0.15) is 10.4 Å². The van der Waals surface area contributed by atoms with E-state index >= 15 is 0 Å². The fraction of sp³-hybridized carbons (Fsp3) is 0. The monoisotopic (exact) mass is 212 g/mol. The minimum atomic E-state index is 0.0526. The second-order valence-corrected chi connectivity index (χ2v) is 3.59. The fourth-order valence-electron chi connectivity index (χ4n) is 1.94. The summed E-state index contributed by atoms with van der Waals surface area (Å²) < 4.78 is 5.52. The molecule has 0 fully saturated rings. The van der Waals surface area contributed by atoms with Crippen LogP contribution in [-0.4, -0.2) is 11.4 Å². The Kier molecular flexibility index (Phi) is 1.74. The van der Waals surface area contributed by atoms with E-state index in [0.717, 1.165) is 11.7 Å². The number of carbonyl (C=O) groups excluding carboxylic acids is 1. The number of phenols is 1. The Morgan fingerprint density at radius 2 is 1.94 bits per heavy atom. The predicted octanol–water partition coefficient (Wildman–Crippen LogP) is 3.10. The standard InChI is InChI=1S/C13H8O3/c14-7-8-5-6-10(15)13-12(8)9-3-1-2-4-11(9)16-13/h1-7,15H. The van der Waals surface area contributed by atoms with Gasteiger partial charge in [0.1, 0.15) is 5.58 Å². The Morgan fingerprint density at radius 1 is 1.12 bits per heavy atom. The van der Waals surface area contributed by atoms with Crippen molar-refractivity contribution in [2.24, 2.45) is 0 Å². The Morgan fingerprint density at radius 3 is 2.75 bits per heavy atom. The molecule has 0 saturated heterocycles. The third kappa shape index (κ3) is 1.05. The van der Waals surface area contributed by atoms with Gasteiger partial charge in [-0.15, -0.1) is 0 Å². The maximum absolute atomic E-state index is 11.0. The zero-order valence-electron chi connectivity index (χ0n) is 8.31. The van der Waals surface area contributed by atoms with Gasteiger partial charge in [0.05, 0.1) is 0 Å². The summed E-state index contributed by atoms with van der Waals surface area (Å²) >= 11 is 0. The summed E-state index contributed by atoms with van der Waals surface area (Å²) in [4.78, 5) is 11.0. The zero-order chi connectivity index (χ0) is 11.1. The van der Waals surface area contributed by atoms with E-state index < -0.39 is 0 Å². The summed E-state index contributed by atoms with van der Waals surface area (Å²) in [5.41, 5.74) is 1.56. The Labute approximate surface area is 90.9 Å². The Hall–Kier alpha value is -2.29. The lowest BCUT2D eigenvalue weighted by Crippen LogP contribution is -1.80. The van der Waals surface area contributed by atoms with Crippen LogP contribution in [0.15, 0.2) is 40.8 Å². The largest absolute Gasteiger partial charge is 0.504 e. The Balaban J connectivity index is 2.64. The number of fused-ring (bicyclic) bond motifs is 3. The van der Waals surface area contributed by atoms with E-state index in [-0.39, 0.29) is 5.75 Å². The molecule has 0 saturated carbocycles. The van der Waals surface area contributed by atoms with Gasteiger partial charge in [0.15, 0.2) is 17.6 Å². The van der Waals surface area contributed by atoms with Gasteiger partial charge in [0.2, 0.25) is 0 Å². The van der Waals surface area contributed by atoms with E-state index in [1.807, 2.05) is 24.3 Å². The van der Waals surface area contributed by atoms with Crippen molar-refractivity contribution in [2.75, 3.05) is 0 Å². The van der Waals surface area contributed by atoms with Gasteiger partial charge in [-0.05, 0) is 18.2 Å². The molecule has 0 amide bonds. The molecule has 3 rings (SSSR count). The van der Waals surface area contributed by atoms with E-state index in [0.29, 0.717) is 22.1 Å². The molecule has 1 N–H and O–H groups in total. The topological polar surface area (TPSA) is 50.4 Å². The highest BCUT2D eigenvalue weighted by atomic mass is 16.4. The zero-order valence-corrected chi connectivity index (χ0v) is 8.31. The number of benzene rings is 2. The smallest absolute Gasteiger partial charge is 0.177 e. The molecule has 0 bridgehead atoms. The molecule has 3 aromatic rings. The third-order valence-electron chi connectivity index (χ3n) is 2.66. The predicted molar refractivity (Wildman–Crippen MR) is 60.8 cm³/mol. The minimum absolute atomic E-state index is 0.0526. The van der Waals surface area contributed by atoms with Crippen molar-refractivity contribution in [3.05, 3.63) is 42.0 Å². The molecule has 0 aliphatic rings. The van der Waals surface area contributed by atoms with Gasteiger partial charge in [-0.2, -0.15) is 0 Å². The third-order valence-corrected chi connectivity index (χ3v) is 2.66. The molecule has 0 aliphatic heterocycles. The van der Waals surface area contributed by atoms with Gasteiger partial charge in [0.25, 0.3) is 0 Å². The maximum Gasteiger partial charge on any atom is 0.177 e. The Bertz CT molecular complexity index is 695. The minimum Gasteiger partial charge on any atom is -0.504 e. The van der Waals surface area contributed by atoms with E-state index in [4.69, 9.17) is 4.42 Å². The lowest BCUT2D eigenvalue weighted by Gasteiger charge is -1.96. The summed E-state index contributed by atoms with van der Waals surface area (Å²) in [7, 11) is 0. The highest BCUT2D eigenvalue weighted by molar-refractivity contribution is 6.13. The lowest BCUT2D eigenvalue weighted by atomic mass is 10.1. The van der Waals surface area contributed by atoms with Crippen molar-refractivity contribution in [1.82, 2.24) is 0 Å². The SMILES string of the molecule is O=Cc1ccc(O)c2oc3ccccc3c12. The number of aromatic hydroxyl groups is 1. The van der Waals surface area contributed by atoms with Gasteiger partial charge in [0, 0.05) is 16.3 Å². The summed E-state index contributed by atoms with van der Waals surface area (Å²) in [6.07, 6.45) is 0.768. The number of phenolic OH excluding ortho intramolecular Hbond substituents is 1. The first-order chi connectivity index (χ1) is 7.81. The van der Waals surface area contributed by atoms with Gasteiger partial charge in [-0.3, -0.25) is 4.79 Å². The average Bonchev–Trinajstić information content (AvgIpc) is 2.70. The first kappa shape index (κ1) is 8.97. The normalized spacial score (nSPS) is 11.0. The van der Waals surface area contributed by atoms with Crippen LogP contribution < -0.4 is 0 Å². The summed E-state index contributed by atoms with van der Waals surface area (Å²) in [6, 6.07) is 10.5. The molecule has 78 valence electrons. The number of carbonyl (C=O) groups is 1. The second-order valence-electron chi connectivity index (χ2n) is 3.59. The maximum atomic E-state index is 11.0. The van der Waals surface area contributed by atoms with Gasteiger partial charge in [-0.25, -0.2) is 0 Å². The van der Waals surface area contributed by atoms with Crippen LogP contribution in [0.5, 0.6) is 5.75 Å². The second kappa shape index (κ2) is 3.10. The fourth-order valence-corrected chi connectivity index (χ4v) is 1.94. The molecule has 3 heteroatoms. The van der Waals surface area contributed by atoms with Crippen LogP contribution in [0.25, 0.3) is 21.9 Å². The van der Waals surface area contributed by atoms with Crippen LogP contribution in [0, 0.1) is 0 Å². The van der Waals surface area contributed by atoms with Gasteiger partial charge in [-0.1, -0.05) is 18.2 Å². The molecule has 0 aliphatic carbocycles. The molecular weight excluding hydrogens is 204 g/mol. The highest BCUT2D eigenvalue weighted by Crippen LogP contribution is 2.35. The summed E-state index contributed by atoms with van der Waals surface area (Å²) in [6.45, 7) is 0. The van der Waals surface area contributed by atoms with Crippen LogP contribution in [0.4, 0.5) is 0 Å². The molecule has 16 heavy (non-hydrogen) atoms. The number of para-hydroxylation sites is 1. The van der Waals surface area contributed by atoms with Gasteiger partial charge >= 0.3 is 0 Å². The number of furan rings is 1. The van der Waals surface area contributed by atoms with Crippen LogP contribution in [0.2, 0.25) is 0 Å². The van der Waals surface area contributed by atoms with Crippen LogP contribution in [-0.2, 0) is 0 Å². The van der Waals surface area contributed by atoms with Crippen molar-refractivity contribution in [1.29, 1.82) is 0 Å². The first-order valence-electron chi connectivity index (χ1n) is 4.89. The average molecular weight is 212 g/mol. The molecule has 1 heterocycles. The number of hydrogen-bond acceptors (Lipinski definition) is 3. The van der Waals surface area contributed by atoms with E-state index in [1.165, 1.54) is 6.07 Å². The molecule has 0 unspecified atom stereocenters. The van der Waals surface area contributed by atoms with Crippen LogP contribution >= 0.6 is 0 Å². The molecule has 0 atom stereocenters. The van der Waals surface area contributed by atoms with Gasteiger partial charge < -0.3 is 9.52 Å². The van der Waals surface area contributed by atoms with Crippen molar-refractivity contribution < 1.29 is 14.3 Å². The van der Waals surface area contributed by atoms with E-state index in [9.17, 15) is 9.90 Å². The summed E-state index contributed by atoms with van der Waals surface area (Å²) in [5, 5.41) is 11.2. The van der Waals surface area contributed by atoms with Crippen molar-refractivity contribution in [3.63, 3.8) is 0 Å². The lowest BCUT2D eigenvalue weighted by molar-refractivity contribution is 0.112. The highest BCUT2D eigenvalue weighted by Gasteiger charge is 2.13. The molecule has 1 aromatic heterocycles. The van der Waals surface area contributed by atoms with Crippen molar-refractivity contribution in [3.8, 4) is 5.75 Å². The quantitative estimate of drug-likeness (QED) is 0.630. The molecule has 2 aromatic carbocycles. The number of aldehydes is 1. The van der Waals surface area contributed by atoms with E-state index in [2.05, 4.69) is 0 Å². The molecular formula is C13H8O3. The van der Waals surface area contributed by atoms with Crippen LogP contribution in [0.3, 0.4) is 0 Å². The van der Waals surface area contributed by atoms with Crippen molar-refractivity contribution in [2.45, 2.75) is 0 Å². The molecule has 3 nitrogen and oxygen atoms in total. The molecule has 0 radical (unpaired) electrons. The summed E-state index contributed by atoms with van der Waals surface area (Å²) in [5.74, 6) is 0.0526. The number of hydrogen-bond donors (Lipinski definition) is 1. The van der Waals surface area contributed by atoms with E-state index in [1.54, 1.807) is 6.07 Å². The van der Waals surface area contributed by atoms with Crippen molar-refractivity contribution >= 4 is 28.2 Å². The first-order valence-corrected chi connectivity index (χ1v) is 4.89. The number of rotatable bonds is 1.